The first-order valence-electron chi connectivity index (χ1n) is 6.02. The Bertz CT molecular complexity index is 133. The summed E-state index contributed by atoms with van der Waals surface area (Å²) in [6.45, 7) is 17.2. The number of hydroxylamine groups is 4. The average Bonchev–Trinajstić information content (AvgIpc) is 2.01. The molecule has 0 aliphatic carbocycles. The first kappa shape index (κ1) is 14.9. The zero-order valence-corrected chi connectivity index (χ0v) is 11.6. The smallest absolute Gasteiger partial charge is 0.0318 e. The number of rotatable bonds is 6. The minimum absolute atomic E-state index is 0.394. The molecule has 0 saturated carbocycles. The Kier molecular flexibility index (Phi) is 6.41. The van der Waals surface area contributed by atoms with Crippen LogP contribution in [-0.2, 0) is 4.94 Å². The molecule has 92 valence electrons. The standard InChI is InChI=1S/C12H28N2O/c1-9(2)13(10(3)4)15-14(11(5)6)12(7)8/h9-12H,1-8H3. The van der Waals surface area contributed by atoms with Crippen LogP contribution in [0.3, 0.4) is 0 Å². The second-order valence-corrected chi connectivity index (χ2v) is 5.18. The second-order valence-electron chi connectivity index (χ2n) is 5.18. The third kappa shape index (κ3) is 4.96. The Morgan fingerprint density at radius 3 is 0.867 bits per heavy atom. The van der Waals surface area contributed by atoms with Gasteiger partial charge in [-0.05, 0) is 55.4 Å². The summed E-state index contributed by atoms with van der Waals surface area (Å²) in [6.07, 6.45) is 0. The third-order valence-corrected chi connectivity index (χ3v) is 2.22. The van der Waals surface area contributed by atoms with Crippen LogP contribution < -0.4 is 0 Å². The first-order chi connectivity index (χ1) is 6.77. The van der Waals surface area contributed by atoms with Gasteiger partial charge in [0.2, 0.25) is 0 Å². The van der Waals surface area contributed by atoms with Gasteiger partial charge in [0.05, 0.1) is 0 Å². The second kappa shape index (κ2) is 6.46. The Balaban J connectivity index is 4.48. The lowest BCUT2D eigenvalue weighted by atomic mass is 10.3. The van der Waals surface area contributed by atoms with Gasteiger partial charge in [0, 0.05) is 24.2 Å². The quantitative estimate of drug-likeness (QED) is 0.635. The maximum absolute atomic E-state index is 5.96. The van der Waals surface area contributed by atoms with Gasteiger partial charge < -0.3 is 0 Å². The van der Waals surface area contributed by atoms with Crippen molar-refractivity contribution in [1.82, 2.24) is 10.1 Å². The maximum atomic E-state index is 5.96. The van der Waals surface area contributed by atoms with Crippen LogP contribution in [0, 0.1) is 0 Å². The molecule has 0 N–H and O–H groups in total. The van der Waals surface area contributed by atoms with Gasteiger partial charge in [0.1, 0.15) is 0 Å². The average molecular weight is 216 g/mol. The van der Waals surface area contributed by atoms with Gasteiger partial charge in [-0.1, -0.05) is 0 Å². The zero-order chi connectivity index (χ0) is 12.2. The van der Waals surface area contributed by atoms with E-state index >= 15 is 0 Å². The van der Waals surface area contributed by atoms with Crippen molar-refractivity contribution in [3.05, 3.63) is 0 Å². The van der Waals surface area contributed by atoms with Gasteiger partial charge in [-0.25, -0.2) is 4.94 Å². The molecule has 0 aliphatic rings. The Morgan fingerprint density at radius 2 is 0.733 bits per heavy atom. The molecule has 0 bridgehead atoms. The Labute approximate surface area is 95.3 Å². The SMILES string of the molecule is CC(C)N(ON(C(C)C)C(C)C)C(C)C. The van der Waals surface area contributed by atoms with E-state index in [9.17, 15) is 0 Å². The van der Waals surface area contributed by atoms with Crippen molar-refractivity contribution < 1.29 is 4.94 Å². The number of nitrogens with zero attached hydrogens (tertiary/aromatic N) is 2. The molecule has 0 rings (SSSR count). The minimum Gasteiger partial charge on any atom is -0.207 e. The van der Waals surface area contributed by atoms with Crippen LogP contribution in [0.5, 0.6) is 0 Å². The molecule has 0 aliphatic heterocycles. The highest BCUT2D eigenvalue weighted by molar-refractivity contribution is 4.61. The Morgan fingerprint density at radius 1 is 0.533 bits per heavy atom. The topological polar surface area (TPSA) is 15.7 Å². The summed E-state index contributed by atoms with van der Waals surface area (Å²) in [7, 11) is 0. The summed E-state index contributed by atoms with van der Waals surface area (Å²) < 4.78 is 0. The highest BCUT2D eigenvalue weighted by Gasteiger charge is 2.22. The predicted molar refractivity (Wildman–Crippen MR) is 65.3 cm³/mol. The van der Waals surface area contributed by atoms with Gasteiger partial charge in [-0.2, -0.15) is 10.1 Å². The van der Waals surface area contributed by atoms with Crippen molar-refractivity contribution in [2.24, 2.45) is 0 Å². The van der Waals surface area contributed by atoms with Crippen LogP contribution in [0.25, 0.3) is 0 Å². The van der Waals surface area contributed by atoms with E-state index < -0.39 is 0 Å². The molecule has 0 saturated heterocycles. The fourth-order valence-corrected chi connectivity index (χ4v) is 1.68. The molecule has 0 aromatic heterocycles. The van der Waals surface area contributed by atoms with Gasteiger partial charge in [0.25, 0.3) is 0 Å². The van der Waals surface area contributed by atoms with Crippen LogP contribution in [-0.4, -0.2) is 34.3 Å². The summed E-state index contributed by atoms with van der Waals surface area (Å²) in [5.41, 5.74) is 0. The molecule has 0 fully saturated rings. The molecule has 0 amide bonds. The van der Waals surface area contributed by atoms with Crippen LogP contribution in [0.2, 0.25) is 0 Å². The molecule has 3 nitrogen and oxygen atoms in total. The number of hydrogen-bond acceptors (Lipinski definition) is 3. The molecule has 0 heterocycles. The van der Waals surface area contributed by atoms with Crippen molar-refractivity contribution in [3.63, 3.8) is 0 Å². The van der Waals surface area contributed by atoms with E-state index in [0.717, 1.165) is 0 Å². The minimum atomic E-state index is 0.394. The molecule has 0 aromatic carbocycles. The van der Waals surface area contributed by atoms with Crippen molar-refractivity contribution in [2.75, 3.05) is 0 Å². The van der Waals surface area contributed by atoms with Gasteiger partial charge >= 0.3 is 0 Å². The highest BCUT2D eigenvalue weighted by Crippen LogP contribution is 2.13. The summed E-state index contributed by atoms with van der Waals surface area (Å²) in [5, 5.41) is 4.08. The fraction of sp³-hybridized carbons (Fsp3) is 1.00. The number of hydrogen-bond donors (Lipinski definition) is 0. The lowest BCUT2D eigenvalue weighted by Crippen LogP contribution is -2.47. The summed E-state index contributed by atoms with van der Waals surface area (Å²) in [5.74, 6) is 0. The van der Waals surface area contributed by atoms with E-state index in [2.05, 4.69) is 55.4 Å². The monoisotopic (exact) mass is 216 g/mol. The summed E-state index contributed by atoms with van der Waals surface area (Å²) in [4.78, 5) is 5.96. The van der Waals surface area contributed by atoms with E-state index in [4.69, 9.17) is 4.94 Å². The van der Waals surface area contributed by atoms with Gasteiger partial charge in [-0.3, -0.25) is 0 Å². The summed E-state index contributed by atoms with van der Waals surface area (Å²) in [6, 6.07) is 1.57. The van der Waals surface area contributed by atoms with E-state index in [0.29, 0.717) is 24.2 Å². The van der Waals surface area contributed by atoms with E-state index in [1.165, 1.54) is 0 Å². The van der Waals surface area contributed by atoms with Crippen molar-refractivity contribution in [1.29, 1.82) is 0 Å². The van der Waals surface area contributed by atoms with E-state index in [-0.39, 0.29) is 0 Å². The Hall–Kier alpha value is -0.120. The molecule has 0 spiro atoms. The van der Waals surface area contributed by atoms with Crippen LogP contribution in [0.4, 0.5) is 0 Å². The first-order valence-corrected chi connectivity index (χ1v) is 6.02. The molecule has 0 atom stereocenters. The lowest BCUT2D eigenvalue weighted by molar-refractivity contribution is -0.368. The summed E-state index contributed by atoms with van der Waals surface area (Å²) >= 11 is 0. The molecule has 0 aromatic rings. The third-order valence-electron chi connectivity index (χ3n) is 2.22. The van der Waals surface area contributed by atoms with Crippen LogP contribution in [0.1, 0.15) is 55.4 Å². The van der Waals surface area contributed by atoms with Crippen LogP contribution >= 0.6 is 0 Å². The molecule has 3 heteroatoms. The predicted octanol–water partition coefficient (Wildman–Crippen LogP) is 3.07. The lowest BCUT2D eigenvalue weighted by Gasteiger charge is -2.38. The zero-order valence-electron chi connectivity index (χ0n) is 11.6. The fourth-order valence-electron chi connectivity index (χ4n) is 1.68. The normalized spacial score (nSPS) is 13.2. The molecule has 0 radical (unpaired) electrons. The molecule has 15 heavy (non-hydrogen) atoms. The van der Waals surface area contributed by atoms with Gasteiger partial charge in [0.15, 0.2) is 0 Å². The maximum Gasteiger partial charge on any atom is 0.0318 e. The van der Waals surface area contributed by atoms with Gasteiger partial charge in [-0.15, -0.1) is 0 Å². The highest BCUT2D eigenvalue weighted by atomic mass is 16.8. The van der Waals surface area contributed by atoms with Crippen molar-refractivity contribution in [3.8, 4) is 0 Å². The molecular formula is C12H28N2O. The molecular weight excluding hydrogens is 188 g/mol. The van der Waals surface area contributed by atoms with Crippen molar-refractivity contribution >= 4 is 0 Å². The van der Waals surface area contributed by atoms with E-state index in [1.807, 2.05) is 10.1 Å². The van der Waals surface area contributed by atoms with E-state index in [1.54, 1.807) is 0 Å². The van der Waals surface area contributed by atoms with Crippen LogP contribution in [0.15, 0.2) is 0 Å². The molecule has 0 unspecified atom stereocenters. The van der Waals surface area contributed by atoms with Crippen molar-refractivity contribution in [2.45, 2.75) is 79.6 Å². The largest absolute Gasteiger partial charge is 0.207 e.